The maximum atomic E-state index is 13.4. The molecule has 0 aliphatic rings. The molecule has 84 valence electrons. The van der Waals surface area contributed by atoms with E-state index in [1.54, 1.807) is 6.07 Å². The summed E-state index contributed by atoms with van der Waals surface area (Å²) in [5, 5.41) is 0. The Labute approximate surface area is 91.5 Å². The first-order valence-electron chi connectivity index (χ1n) is 5.64. The molecule has 2 N–H and O–H groups in total. The zero-order chi connectivity index (χ0) is 11.3. The van der Waals surface area contributed by atoms with Crippen molar-refractivity contribution in [2.75, 3.05) is 0 Å². The summed E-state index contributed by atoms with van der Waals surface area (Å²) in [6.45, 7) is 4.10. The third-order valence-corrected chi connectivity index (χ3v) is 2.65. The maximum Gasteiger partial charge on any atom is 0.126 e. The average molecular weight is 209 g/mol. The van der Waals surface area contributed by atoms with Crippen molar-refractivity contribution in [1.29, 1.82) is 0 Å². The molecule has 1 nitrogen and oxygen atoms in total. The summed E-state index contributed by atoms with van der Waals surface area (Å²) in [4.78, 5) is 0. The van der Waals surface area contributed by atoms with Crippen LogP contribution < -0.4 is 5.73 Å². The molecule has 0 spiro atoms. The molecule has 0 aliphatic carbocycles. The van der Waals surface area contributed by atoms with E-state index in [0.29, 0.717) is 0 Å². The Kier molecular flexibility index (Phi) is 4.76. The molecule has 0 aromatic heterocycles. The van der Waals surface area contributed by atoms with E-state index in [1.165, 1.54) is 6.07 Å². The van der Waals surface area contributed by atoms with E-state index in [-0.39, 0.29) is 11.9 Å². The minimum absolute atomic E-state index is 0.107. The van der Waals surface area contributed by atoms with Crippen molar-refractivity contribution in [2.24, 2.45) is 5.73 Å². The van der Waals surface area contributed by atoms with E-state index < -0.39 is 0 Å². The molecular weight excluding hydrogens is 189 g/mol. The van der Waals surface area contributed by atoms with Crippen LogP contribution in [0.2, 0.25) is 0 Å². The predicted octanol–water partition coefficient (Wildman–Crippen LogP) is 3.19. The van der Waals surface area contributed by atoms with Crippen LogP contribution in [0, 0.1) is 12.7 Å². The first-order valence-corrected chi connectivity index (χ1v) is 5.64. The van der Waals surface area contributed by atoms with Crippen LogP contribution >= 0.6 is 0 Å². The standard InChI is InChI=1S/C13H20FN/c1-3-4-12(15)7-6-11-9-10(2)5-8-13(11)14/h5,8-9,12H,3-4,6-7,15H2,1-2H3. The molecular formula is C13H20FN. The van der Waals surface area contributed by atoms with Crippen LogP contribution in [0.25, 0.3) is 0 Å². The molecule has 2 heteroatoms. The Morgan fingerprint density at radius 2 is 2.07 bits per heavy atom. The van der Waals surface area contributed by atoms with Gasteiger partial charge >= 0.3 is 0 Å². The highest BCUT2D eigenvalue weighted by Gasteiger charge is 2.05. The maximum absolute atomic E-state index is 13.4. The Bertz CT molecular complexity index is 309. The van der Waals surface area contributed by atoms with Crippen LogP contribution in [-0.2, 0) is 6.42 Å². The zero-order valence-corrected chi connectivity index (χ0v) is 9.59. The van der Waals surface area contributed by atoms with Gasteiger partial charge in [0.05, 0.1) is 0 Å². The topological polar surface area (TPSA) is 26.0 Å². The molecule has 1 rings (SSSR count). The summed E-state index contributed by atoms with van der Waals surface area (Å²) in [6, 6.07) is 5.45. The molecule has 1 aromatic carbocycles. The molecule has 15 heavy (non-hydrogen) atoms. The zero-order valence-electron chi connectivity index (χ0n) is 9.59. The predicted molar refractivity (Wildman–Crippen MR) is 62.3 cm³/mol. The summed E-state index contributed by atoms with van der Waals surface area (Å²) in [5.41, 5.74) is 7.80. The third kappa shape index (κ3) is 4.00. The summed E-state index contributed by atoms with van der Waals surface area (Å²) in [7, 11) is 0. The number of halogens is 1. The monoisotopic (exact) mass is 209 g/mol. The van der Waals surface area contributed by atoms with Crippen LogP contribution in [-0.4, -0.2) is 6.04 Å². The van der Waals surface area contributed by atoms with Gasteiger partial charge in [0.1, 0.15) is 5.82 Å². The lowest BCUT2D eigenvalue weighted by atomic mass is 10.0. The Balaban J connectivity index is 2.53. The van der Waals surface area contributed by atoms with Crippen molar-refractivity contribution in [3.05, 3.63) is 35.1 Å². The first kappa shape index (κ1) is 12.2. The minimum Gasteiger partial charge on any atom is -0.328 e. The molecule has 0 bridgehead atoms. The van der Waals surface area contributed by atoms with Gasteiger partial charge in [0, 0.05) is 6.04 Å². The van der Waals surface area contributed by atoms with E-state index in [9.17, 15) is 4.39 Å². The van der Waals surface area contributed by atoms with Crippen LogP contribution in [0.3, 0.4) is 0 Å². The van der Waals surface area contributed by atoms with Gasteiger partial charge in [0.25, 0.3) is 0 Å². The van der Waals surface area contributed by atoms with Crippen molar-refractivity contribution < 1.29 is 4.39 Å². The highest BCUT2D eigenvalue weighted by atomic mass is 19.1. The van der Waals surface area contributed by atoms with Crippen LogP contribution in [0.1, 0.15) is 37.3 Å². The molecule has 1 aromatic rings. The quantitative estimate of drug-likeness (QED) is 0.791. The Morgan fingerprint density at radius 3 is 2.73 bits per heavy atom. The van der Waals surface area contributed by atoms with Gasteiger partial charge in [0.15, 0.2) is 0 Å². The molecule has 0 radical (unpaired) electrons. The van der Waals surface area contributed by atoms with Crippen LogP contribution in [0.5, 0.6) is 0 Å². The van der Waals surface area contributed by atoms with Gasteiger partial charge in [-0.1, -0.05) is 31.0 Å². The van der Waals surface area contributed by atoms with E-state index in [4.69, 9.17) is 5.73 Å². The lowest BCUT2D eigenvalue weighted by molar-refractivity contribution is 0.544. The second-order valence-corrected chi connectivity index (χ2v) is 4.18. The van der Waals surface area contributed by atoms with Gasteiger partial charge < -0.3 is 5.73 Å². The van der Waals surface area contributed by atoms with Crippen molar-refractivity contribution >= 4 is 0 Å². The molecule has 0 aliphatic heterocycles. The SMILES string of the molecule is CCCC(N)CCc1cc(C)ccc1F. The van der Waals surface area contributed by atoms with Crippen molar-refractivity contribution in [3.63, 3.8) is 0 Å². The second-order valence-electron chi connectivity index (χ2n) is 4.18. The van der Waals surface area contributed by atoms with Crippen molar-refractivity contribution in [3.8, 4) is 0 Å². The number of benzene rings is 1. The molecule has 0 amide bonds. The second kappa shape index (κ2) is 5.86. The van der Waals surface area contributed by atoms with E-state index in [1.807, 2.05) is 13.0 Å². The highest BCUT2D eigenvalue weighted by molar-refractivity contribution is 5.24. The molecule has 0 heterocycles. The fourth-order valence-corrected chi connectivity index (χ4v) is 1.75. The number of aryl methyl sites for hydroxylation is 2. The summed E-state index contributed by atoms with van der Waals surface area (Å²) >= 11 is 0. The van der Waals surface area contributed by atoms with Crippen molar-refractivity contribution in [1.82, 2.24) is 0 Å². The lowest BCUT2D eigenvalue weighted by Gasteiger charge is -2.10. The van der Waals surface area contributed by atoms with Crippen LogP contribution in [0.15, 0.2) is 18.2 Å². The number of hydrogen-bond acceptors (Lipinski definition) is 1. The molecule has 0 saturated heterocycles. The molecule has 0 fully saturated rings. The summed E-state index contributed by atoms with van der Waals surface area (Å²) in [6.07, 6.45) is 3.73. The first-order chi connectivity index (χ1) is 7.13. The van der Waals surface area contributed by atoms with Gasteiger partial charge in [-0.3, -0.25) is 0 Å². The fourth-order valence-electron chi connectivity index (χ4n) is 1.75. The smallest absolute Gasteiger partial charge is 0.126 e. The molecule has 0 saturated carbocycles. The Hall–Kier alpha value is -0.890. The van der Waals surface area contributed by atoms with Crippen molar-refractivity contribution in [2.45, 2.75) is 45.6 Å². The average Bonchev–Trinajstić information content (AvgIpc) is 2.20. The number of nitrogens with two attached hydrogens (primary N) is 1. The molecule has 1 unspecified atom stereocenters. The van der Waals surface area contributed by atoms with Gasteiger partial charge in [-0.25, -0.2) is 4.39 Å². The van der Waals surface area contributed by atoms with Gasteiger partial charge in [0.2, 0.25) is 0 Å². The van der Waals surface area contributed by atoms with E-state index in [0.717, 1.165) is 36.8 Å². The number of hydrogen-bond donors (Lipinski definition) is 1. The third-order valence-electron chi connectivity index (χ3n) is 2.65. The summed E-state index contributed by atoms with van der Waals surface area (Å²) < 4.78 is 13.4. The van der Waals surface area contributed by atoms with E-state index in [2.05, 4.69) is 6.92 Å². The fraction of sp³-hybridized carbons (Fsp3) is 0.538. The summed E-state index contributed by atoms with van der Waals surface area (Å²) in [5.74, 6) is -0.107. The highest BCUT2D eigenvalue weighted by Crippen LogP contribution is 2.13. The van der Waals surface area contributed by atoms with Crippen LogP contribution in [0.4, 0.5) is 4.39 Å². The van der Waals surface area contributed by atoms with E-state index >= 15 is 0 Å². The van der Waals surface area contributed by atoms with Gasteiger partial charge in [-0.05, 0) is 37.8 Å². The number of rotatable bonds is 5. The lowest BCUT2D eigenvalue weighted by Crippen LogP contribution is -2.20. The van der Waals surface area contributed by atoms with Gasteiger partial charge in [-0.15, -0.1) is 0 Å². The Morgan fingerprint density at radius 1 is 1.33 bits per heavy atom. The largest absolute Gasteiger partial charge is 0.328 e. The van der Waals surface area contributed by atoms with Gasteiger partial charge in [-0.2, -0.15) is 0 Å². The minimum atomic E-state index is -0.107. The normalized spacial score (nSPS) is 12.8. The molecule has 1 atom stereocenters.